The second-order valence-electron chi connectivity index (χ2n) is 3.89. The van der Waals surface area contributed by atoms with Gasteiger partial charge in [-0.15, -0.1) is 0 Å². The highest BCUT2D eigenvalue weighted by atomic mass is 79.9. The number of hydrogen-bond donors (Lipinski definition) is 1. The number of halogens is 1. The highest BCUT2D eigenvalue weighted by Gasteiger charge is 2.23. The number of methoxy groups -OCH3 is 3. The van der Waals surface area contributed by atoms with Crippen molar-refractivity contribution in [1.82, 2.24) is 5.16 Å². The van der Waals surface area contributed by atoms with Crippen molar-refractivity contribution in [3.05, 3.63) is 22.3 Å². The van der Waals surface area contributed by atoms with E-state index in [2.05, 4.69) is 21.1 Å². The molecule has 0 atom stereocenters. The van der Waals surface area contributed by atoms with Gasteiger partial charge in [0, 0.05) is 6.07 Å². The van der Waals surface area contributed by atoms with Crippen LogP contribution < -0.4 is 14.2 Å². The first-order valence-corrected chi connectivity index (χ1v) is 6.51. The molecule has 0 unspecified atom stereocenters. The highest BCUT2D eigenvalue weighted by Crippen LogP contribution is 2.47. The van der Waals surface area contributed by atoms with Crippen molar-refractivity contribution in [3.63, 3.8) is 0 Å². The van der Waals surface area contributed by atoms with Crippen molar-refractivity contribution in [3.8, 4) is 28.6 Å². The Bertz CT molecular complexity index is 682. The number of ether oxygens (including phenoxy) is 3. The summed E-state index contributed by atoms with van der Waals surface area (Å²) in [6, 6.07) is 2.92. The predicted octanol–water partition coefficient (Wildman–Crippen LogP) is 2.83. The molecule has 21 heavy (non-hydrogen) atoms. The van der Waals surface area contributed by atoms with Crippen LogP contribution in [0.4, 0.5) is 0 Å². The fraction of sp³-hybridized carbons (Fsp3) is 0.231. The van der Waals surface area contributed by atoms with Gasteiger partial charge in [0.2, 0.25) is 0 Å². The first kappa shape index (κ1) is 15.2. The third-order valence-electron chi connectivity index (χ3n) is 2.77. The summed E-state index contributed by atoms with van der Waals surface area (Å²) < 4.78 is 21.4. The Balaban J connectivity index is 2.66. The van der Waals surface area contributed by atoms with E-state index in [1.165, 1.54) is 27.4 Å². The number of hydrogen-bond acceptors (Lipinski definition) is 6. The minimum absolute atomic E-state index is 0.196. The zero-order valence-electron chi connectivity index (χ0n) is 11.5. The number of carboxylic acid groups (broad SMARTS) is 1. The normalized spacial score (nSPS) is 10.3. The Labute approximate surface area is 128 Å². The van der Waals surface area contributed by atoms with Crippen molar-refractivity contribution < 1.29 is 28.6 Å². The molecular formula is C13H12BrNO6. The summed E-state index contributed by atoms with van der Waals surface area (Å²) in [5.41, 5.74) is 0.292. The minimum atomic E-state index is -1.18. The molecule has 0 saturated carbocycles. The summed E-state index contributed by atoms with van der Waals surface area (Å²) in [5, 5.41) is 12.4. The van der Waals surface area contributed by atoms with Crippen LogP contribution in [-0.4, -0.2) is 37.6 Å². The highest BCUT2D eigenvalue weighted by molar-refractivity contribution is 9.10. The zero-order chi connectivity index (χ0) is 15.6. The third-order valence-corrected chi connectivity index (χ3v) is 3.49. The van der Waals surface area contributed by atoms with Gasteiger partial charge in [-0.1, -0.05) is 5.16 Å². The summed E-state index contributed by atoms with van der Waals surface area (Å²) in [4.78, 5) is 10.9. The van der Waals surface area contributed by atoms with Gasteiger partial charge in [-0.25, -0.2) is 4.79 Å². The van der Waals surface area contributed by atoms with Crippen LogP contribution in [-0.2, 0) is 0 Å². The minimum Gasteiger partial charge on any atom is -0.495 e. The molecule has 0 aliphatic carbocycles. The number of benzene rings is 1. The van der Waals surface area contributed by atoms with Gasteiger partial charge in [0.25, 0.3) is 0 Å². The number of aromatic nitrogens is 1. The molecule has 0 amide bonds. The second-order valence-corrected chi connectivity index (χ2v) is 4.68. The molecule has 8 heteroatoms. The van der Waals surface area contributed by atoms with Crippen LogP contribution in [0.25, 0.3) is 11.3 Å². The number of carbonyl (C=O) groups is 1. The van der Waals surface area contributed by atoms with E-state index in [4.69, 9.17) is 23.8 Å². The smallest absolute Gasteiger partial charge is 0.358 e. The van der Waals surface area contributed by atoms with E-state index in [1.54, 1.807) is 6.07 Å². The van der Waals surface area contributed by atoms with Gasteiger partial charge in [-0.05, 0) is 22.0 Å². The first-order valence-electron chi connectivity index (χ1n) is 5.72. The van der Waals surface area contributed by atoms with E-state index < -0.39 is 5.97 Å². The molecule has 0 fully saturated rings. The lowest BCUT2D eigenvalue weighted by molar-refractivity contribution is 0.0686. The molecule has 0 saturated heterocycles. The van der Waals surface area contributed by atoms with Gasteiger partial charge < -0.3 is 23.8 Å². The van der Waals surface area contributed by atoms with Crippen molar-refractivity contribution in [2.24, 2.45) is 0 Å². The number of aromatic carboxylic acids is 1. The van der Waals surface area contributed by atoms with Crippen molar-refractivity contribution in [2.75, 3.05) is 21.3 Å². The lowest BCUT2D eigenvalue weighted by atomic mass is 10.1. The van der Waals surface area contributed by atoms with Crippen LogP contribution in [0, 0.1) is 0 Å². The quantitative estimate of drug-likeness (QED) is 0.879. The van der Waals surface area contributed by atoms with Crippen LogP contribution in [0.5, 0.6) is 17.2 Å². The molecule has 112 valence electrons. The Hall–Kier alpha value is -2.22. The van der Waals surface area contributed by atoms with Crippen molar-refractivity contribution >= 4 is 21.9 Å². The topological polar surface area (TPSA) is 91.0 Å². The lowest BCUT2D eigenvalue weighted by Gasteiger charge is -2.15. The molecule has 1 heterocycles. The molecule has 7 nitrogen and oxygen atoms in total. The van der Waals surface area contributed by atoms with Crippen LogP contribution in [0.3, 0.4) is 0 Å². The molecule has 0 spiro atoms. The van der Waals surface area contributed by atoms with E-state index in [9.17, 15) is 4.79 Å². The van der Waals surface area contributed by atoms with Crippen LogP contribution >= 0.6 is 15.9 Å². The molecule has 0 aliphatic heterocycles. The summed E-state index contributed by atoms with van der Waals surface area (Å²) in [7, 11) is 4.46. The monoisotopic (exact) mass is 357 g/mol. The molecule has 1 N–H and O–H groups in total. The maximum Gasteiger partial charge on any atom is 0.358 e. The van der Waals surface area contributed by atoms with E-state index in [1.807, 2.05) is 0 Å². The van der Waals surface area contributed by atoms with Crippen molar-refractivity contribution in [1.29, 1.82) is 0 Å². The van der Waals surface area contributed by atoms with E-state index in [0.29, 0.717) is 27.3 Å². The first-order chi connectivity index (χ1) is 10.0. The van der Waals surface area contributed by atoms with Gasteiger partial charge in [-0.2, -0.15) is 0 Å². The Kier molecular flexibility index (Phi) is 4.37. The van der Waals surface area contributed by atoms with Crippen molar-refractivity contribution in [2.45, 2.75) is 0 Å². The predicted molar refractivity (Wildman–Crippen MR) is 76.3 cm³/mol. The molecule has 0 radical (unpaired) electrons. The zero-order valence-corrected chi connectivity index (χ0v) is 13.1. The maximum absolute atomic E-state index is 10.9. The van der Waals surface area contributed by atoms with Gasteiger partial charge in [0.15, 0.2) is 23.0 Å². The Morgan fingerprint density at radius 2 is 1.86 bits per heavy atom. The molecule has 0 bridgehead atoms. The molecule has 1 aromatic heterocycles. The summed E-state index contributed by atoms with van der Waals surface area (Å²) in [6.07, 6.45) is 0. The molecule has 0 aliphatic rings. The summed E-state index contributed by atoms with van der Waals surface area (Å²) in [6.45, 7) is 0. The average Bonchev–Trinajstić information content (AvgIpc) is 2.96. The van der Waals surface area contributed by atoms with E-state index in [-0.39, 0.29) is 11.5 Å². The van der Waals surface area contributed by atoms with Gasteiger partial charge in [0.05, 0.1) is 26.9 Å². The number of carboxylic acids is 1. The second kappa shape index (κ2) is 6.04. The van der Waals surface area contributed by atoms with E-state index >= 15 is 0 Å². The van der Waals surface area contributed by atoms with Gasteiger partial charge in [-0.3, -0.25) is 0 Å². The van der Waals surface area contributed by atoms with E-state index in [0.717, 1.165) is 0 Å². The molecule has 2 aromatic rings. The SMILES string of the molecule is COc1cc(-c2cc(C(=O)O)no2)c(OC)c(Br)c1OC. The third kappa shape index (κ3) is 2.66. The lowest BCUT2D eigenvalue weighted by Crippen LogP contribution is -1.97. The van der Waals surface area contributed by atoms with Crippen LogP contribution in [0.15, 0.2) is 21.1 Å². The van der Waals surface area contributed by atoms with Crippen LogP contribution in [0.2, 0.25) is 0 Å². The fourth-order valence-corrected chi connectivity index (χ4v) is 2.55. The largest absolute Gasteiger partial charge is 0.495 e. The standard InChI is InChI=1S/C13H12BrNO6/c1-18-9-4-6(8-5-7(13(16)17)15-21-8)11(19-2)10(14)12(9)20-3/h4-5H,1-3H3,(H,16,17). The van der Waals surface area contributed by atoms with Gasteiger partial charge >= 0.3 is 5.97 Å². The van der Waals surface area contributed by atoms with Crippen LogP contribution in [0.1, 0.15) is 10.5 Å². The maximum atomic E-state index is 10.9. The summed E-state index contributed by atoms with van der Waals surface area (Å²) in [5.74, 6) is 0.375. The van der Waals surface area contributed by atoms with Gasteiger partial charge in [0.1, 0.15) is 10.2 Å². The molecule has 2 rings (SSSR count). The Morgan fingerprint density at radius 1 is 1.19 bits per heavy atom. The summed E-state index contributed by atoms with van der Waals surface area (Å²) >= 11 is 3.37. The molecular weight excluding hydrogens is 346 g/mol. The average molecular weight is 358 g/mol. The number of rotatable bonds is 5. The fourth-order valence-electron chi connectivity index (χ4n) is 1.82. The molecule has 1 aromatic carbocycles. The number of nitrogens with zero attached hydrogens (tertiary/aromatic N) is 1. The Morgan fingerprint density at radius 3 is 2.33 bits per heavy atom.